The molecule has 3 heteroatoms. The van der Waals surface area contributed by atoms with Crippen LogP contribution in [-0.2, 0) is 6.54 Å². The van der Waals surface area contributed by atoms with Gasteiger partial charge in [0.1, 0.15) is 5.82 Å². The van der Waals surface area contributed by atoms with Gasteiger partial charge < -0.3 is 10.2 Å². The van der Waals surface area contributed by atoms with E-state index in [1.807, 2.05) is 6.20 Å². The number of nitrogens with zero attached hydrogens (tertiary/aromatic N) is 2. The Morgan fingerprint density at radius 3 is 2.67 bits per heavy atom. The first-order valence-corrected chi connectivity index (χ1v) is 7.27. The average Bonchev–Trinajstić information content (AvgIpc) is 2.97. The Hall–Kier alpha value is -1.09. The fraction of sp³-hybridized carbons (Fsp3) is 0.667. The lowest BCUT2D eigenvalue weighted by Gasteiger charge is -2.18. The van der Waals surface area contributed by atoms with Gasteiger partial charge in [-0.3, -0.25) is 0 Å². The van der Waals surface area contributed by atoms with Crippen molar-refractivity contribution in [2.75, 3.05) is 24.5 Å². The fourth-order valence-electron chi connectivity index (χ4n) is 3.40. The number of hydrogen-bond acceptors (Lipinski definition) is 3. The van der Waals surface area contributed by atoms with Gasteiger partial charge in [-0.2, -0.15) is 0 Å². The Balaban J connectivity index is 1.63. The maximum absolute atomic E-state index is 4.63. The van der Waals surface area contributed by atoms with Crippen molar-refractivity contribution < 1.29 is 0 Å². The highest BCUT2D eigenvalue weighted by molar-refractivity contribution is 5.41. The van der Waals surface area contributed by atoms with E-state index in [2.05, 4.69) is 34.3 Å². The molecule has 0 amide bonds. The molecule has 3 rings (SSSR count). The Bertz CT molecular complexity index is 375. The Morgan fingerprint density at radius 2 is 2.06 bits per heavy atom. The van der Waals surface area contributed by atoms with Crippen LogP contribution in [0.2, 0.25) is 0 Å². The van der Waals surface area contributed by atoms with Gasteiger partial charge in [-0.15, -0.1) is 0 Å². The van der Waals surface area contributed by atoms with Crippen LogP contribution in [0.3, 0.4) is 0 Å². The standard InChI is InChI=1S/C15H23N3/c1-2-16-8-12-6-7-15(17-9-12)18-10-13-4-3-5-14(13)11-18/h6-7,9,13-14,16H,2-5,8,10-11H2,1H3. The molecular formula is C15H23N3. The van der Waals surface area contributed by atoms with Crippen molar-refractivity contribution in [3.05, 3.63) is 23.9 Å². The monoisotopic (exact) mass is 245 g/mol. The highest BCUT2D eigenvalue weighted by Crippen LogP contribution is 2.38. The second-order valence-electron chi connectivity index (χ2n) is 5.66. The molecule has 2 aliphatic rings. The predicted molar refractivity (Wildman–Crippen MR) is 74.7 cm³/mol. The van der Waals surface area contributed by atoms with Gasteiger partial charge in [0, 0.05) is 25.8 Å². The first-order valence-electron chi connectivity index (χ1n) is 7.27. The van der Waals surface area contributed by atoms with E-state index in [0.717, 1.165) is 24.9 Å². The zero-order valence-corrected chi connectivity index (χ0v) is 11.2. The van der Waals surface area contributed by atoms with Gasteiger partial charge >= 0.3 is 0 Å². The molecule has 2 atom stereocenters. The van der Waals surface area contributed by atoms with Gasteiger partial charge in [0.2, 0.25) is 0 Å². The summed E-state index contributed by atoms with van der Waals surface area (Å²) < 4.78 is 0. The van der Waals surface area contributed by atoms with Crippen LogP contribution >= 0.6 is 0 Å². The second kappa shape index (κ2) is 5.27. The summed E-state index contributed by atoms with van der Waals surface area (Å²) in [6, 6.07) is 4.40. The third-order valence-corrected chi connectivity index (χ3v) is 4.44. The number of fused-ring (bicyclic) bond motifs is 1. The Kier molecular flexibility index (Phi) is 3.50. The maximum atomic E-state index is 4.63. The number of rotatable bonds is 4. The molecule has 0 spiro atoms. The number of hydrogen-bond donors (Lipinski definition) is 1. The molecule has 1 aliphatic heterocycles. The Morgan fingerprint density at radius 1 is 1.28 bits per heavy atom. The highest BCUT2D eigenvalue weighted by Gasteiger charge is 2.36. The van der Waals surface area contributed by atoms with Crippen LogP contribution in [0.5, 0.6) is 0 Å². The lowest BCUT2D eigenvalue weighted by Crippen LogP contribution is -2.22. The number of aromatic nitrogens is 1. The summed E-state index contributed by atoms with van der Waals surface area (Å²) in [6.45, 7) is 6.52. The minimum absolute atomic E-state index is 0.926. The van der Waals surface area contributed by atoms with Crippen molar-refractivity contribution in [1.29, 1.82) is 0 Å². The summed E-state index contributed by atoms with van der Waals surface area (Å²) in [4.78, 5) is 7.10. The molecule has 3 nitrogen and oxygen atoms in total. The summed E-state index contributed by atoms with van der Waals surface area (Å²) in [5, 5.41) is 3.33. The van der Waals surface area contributed by atoms with Crippen molar-refractivity contribution in [2.45, 2.75) is 32.7 Å². The lowest BCUT2D eigenvalue weighted by atomic mass is 10.0. The van der Waals surface area contributed by atoms with E-state index in [4.69, 9.17) is 0 Å². The van der Waals surface area contributed by atoms with Gasteiger partial charge in [0.25, 0.3) is 0 Å². The summed E-state index contributed by atoms with van der Waals surface area (Å²) in [5.74, 6) is 3.05. The largest absolute Gasteiger partial charge is 0.356 e. The third-order valence-electron chi connectivity index (χ3n) is 4.44. The molecule has 2 unspecified atom stereocenters. The molecule has 0 bridgehead atoms. The summed E-state index contributed by atoms with van der Waals surface area (Å²) >= 11 is 0. The highest BCUT2D eigenvalue weighted by atomic mass is 15.2. The molecule has 2 heterocycles. The molecule has 18 heavy (non-hydrogen) atoms. The van der Waals surface area contributed by atoms with Crippen LogP contribution in [0.25, 0.3) is 0 Å². The first-order chi connectivity index (χ1) is 8.86. The zero-order valence-electron chi connectivity index (χ0n) is 11.2. The second-order valence-corrected chi connectivity index (χ2v) is 5.66. The molecular weight excluding hydrogens is 222 g/mol. The van der Waals surface area contributed by atoms with Crippen LogP contribution < -0.4 is 10.2 Å². The van der Waals surface area contributed by atoms with Crippen LogP contribution in [0.4, 0.5) is 5.82 Å². The van der Waals surface area contributed by atoms with Crippen LogP contribution in [0.15, 0.2) is 18.3 Å². The fourth-order valence-corrected chi connectivity index (χ4v) is 3.40. The normalized spacial score (nSPS) is 26.6. The SMILES string of the molecule is CCNCc1ccc(N2CC3CCCC3C2)nc1. The van der Waals surface area contributed by atoms with E-state index in [1.165, 1.54) is 43.7 Å². The molecule has 1 aromatic rings. The molecule has 2 fully saturated rings. The van der Waals surface area contributed by atoms with Gasteiger partial charge in [-0.25, -0.2) is 4.98 Å². The molecule has 0 radical (unpaired) electrons. The average molecular weight is 245 g/mol. The summed E-state index contributed by atoms with van der Waals surface area (Å²) in [7, 11) is 0. The van der Waals surface area contributed by atoms with Crippen LogP contribution in [-0.4, -0.2) is 24.6 Å². The maximum Gasteiger partial charge on any atom is 0.128 e. The van der Waals surface area contributed by atoms with Crippen molar-refractivity contribution in [3.63, 3.8) is 0 Å². The summed E-state index contributed by atoms with van der Waals surface area (Å²) in [5.41, 5.74) is 1.28. The lowest BCUT2D eigenvalue weighted by molar-refractivity contribution is 0.494. The van der Waals surface area contributed by atoms with E-state index >= 15 is 0 Å². The number of pyridine rings is 1. The van der Waals surface area contributed by atoms with E-state index < -0.39 is 0 Å². The minimum Gasteiger partial charge on any atom is -0.356 e. The Labute approximate surface area is 110 Å². The van der Waals surface area contributed by atoms with Gasteiger partial charge in [0.15, 0.2) is 0 Å². The molecule has 1 aliphatic carbocycles. The molecule has 1 N–H and O–H groups in total. The van der Waals surface area contributed by atoms with Crippen molar-refractivity contribution in [1.82, 2.24) is 10.3 Å². The zero-order chi connectivity index (χ0) is 12.4. The molecule has 1 saturated heterocycles. The van der Waals surface area contributed by atoms with Gasteiger partial charge in [0.05, 0.1) is 0 Å². The quantitative estimate of drug-likeness (QED) is 0.883. The topological polar surface area (TPSA) is 28.2 Å². The van der Waals surface area contributed by atoms with Gasteiger partial charge in [-0.1, -0.05) is 19.4 Å². The molecule has 1 saturated carbocycles. The van der Waals surface area contributed by atoms with Crippen molar-refractivity contribution in [2.24, 2.45) is 11.8 Å². The number of anilines is 1. The van der Waals surface area contributed by atoms with E-state index in [1.54, 1.807) is 0 Å². The minimum atomic E-state index is 0.926. The van der Waals surface area contributed by atoms with Gasteiger partial charge in [-0.05, 0) is 42.9 Å². The molecule has 1 aromatic heterocycles. The number of nitrogens with one attached hydrogen (secondary N) is 1. The first kappa shape index (κ1) is 12.0. The van der Waals surface area contributed by atoms with Crippen LogP contribution in [0, 0.1) is 11.8 Å². The van der Waals surface area contributed by atoms with E-state index in [-0.39, 0.29) is 0 Å². The van der Waals surface area contributed by atoms with Crippen LogP contribution in [0.1, 0.15) is 31.7 Å². The van der Waals surface area contributed by atoms with Crippen molar-refractivity contribution in [3.8, 4) is 0 Å². The molecule has 0 aromatic carbocycles. The van der Waals surface area contributed by atoms with Crippen molar-refractivity contribution >= 4 is 5.82 Å². The van der Waals surface area contributed by atoms with E-state index in [0.29, 0.717) is 0 Å². The smallest absolute Gasteiger partial charge is 0.128 e. The summed E-state index contributed by atoms with van der Waals surface area (Å²) in [6.07, 6.45) is 6.32. The molecule has 98 valence electrons. The van der Waals surface area contributed by atoms with E-state index in [9.17, 15) is 0 Å². The predicted octanol–water partition coefficient (Wildman–Crippen LogP) is 2.43. The third kappa shape index (κ3) is 2.37.